The molecule has 4 nitrogen and oxygen atoms in total. The molecule has 0 fully saturated rings. The van der Waals surface area contributed by atoms with Crippen LogP contribution in [-0.4, -0.2) is 26.0 Å². The van der Waals surface area contributed by atoms with E-state index in [2.05, 4.69) is 10.3 Å². The maximum Gasteiger partial charge on any atom is 0.141 e. The Morgan fingerprint density at radius 1 is 1.10 bits per heavy atom. The average molecular weight is 286 g/mol. The second-order valence-corrected chi connectivity index (χ2v) is 4.55. The van der Waals surface area contributed by atoms with Gasteiger partial charge in [-0.15, -0.1) is 0 Å². The first-order valence-electron chi connectivity index (χ1n) is 6.67. The van der Waals surface area contributed by atoms with Crippen molar-refractivity contribution in [2.24, 2.45) is 4.99 Å². The molecule has 2 aromatic carbocycles. The third kappa shape index (κ3) is 2.81. The van der Waals surface area contributed by atoms with Crippen molar-refractivity contribution in [2.45, 2.75) is 0 Å². The molecule has 0 radical (unpaired) electrons. The summed E-state index contributed by atoms with van der Waals surface area (Å²) in [6.07, 6.45) is 0. The van der Waals surface area contributed by atoms with E-state index in [-0.39, 0.29) is 5.82 Å². The van der Waals surface area contributed by atoms with Crippen LogP contribution in [0.15, 0.2) is 47.5 Å². The lowest BCUT2D eigenvalue weighted by Crippen LogP contribution is -2.21. The van der Waals surface area contributed by atoms with Gasteiger partial charge in [-0.2, -0.15) is 0 Å². The number of hydrogen-bond donors (Lipinski definition) is 1. The van der Waals surface area contributed by atoms with Crippen LogP contribution in [0.2, 0.25) is 0 Å². The number of aliphatic imine (C=N–C) groups is 1. The zero-order valence-electron chi connectivity index (χ0n) is 11.6. The zero-order valence-corrected chi connectivity index (χ0v) is 11.6. The summed E-state index contributed by atoms with van der Waals surface area (Å²) in [5.74, 6) is 1.98. The molecule has 5 heteroatoms. The maximum absolute atomic E-state index is 14.1. The average Bonchev–Trinajstić information content (AvgIpc) is 3.02. The molecule has 0 spiro atoms. The van der Waals surface area contributed by atoms with E-state index in [1.165, 1.54) is 6.07 Å². The number of halogens is 1. The van der Waals surface area contributed by atoms with Gasteiger partial charge in [-0.25, -0.2) is 4.39 Å². The number of amidine groups is 1. The summed E-state index contributed by atoms with van der Waals surface area (Å²) in [5.41, 5.74) is 0.366. The Balaban J connectivity index is 1.92. The molecule has 0 aliphatic carbocycles. The van der Waals surface area contributed by atoms with Crippen molar-refractivity contribution in [1.82, 2.24) is 5.32 Å². The number of nitrogens with zero attached hydrogens (tertiary/aromatic N) is 1. The van der Waals surface area contributed by atoms with Crippen LogP contribution in [0.1, 0.15) is 5.56 Å². The minimum Gasteiger partial charge on any atom is -0.497 e. The Kier molecular flexibility index (Phi) is 3.73. The molecular weight excluding hydrogens is 271 g/mol. The van der Waals surface area contributed by atoms with Crippen molar-refractivity contribution in [2.75, 3.05) is 20.2 Å². The van der Waals surface area contributed by atoms with Crippen LogP contribution in [0.5, 0.6) is 17.2 Å². The van der Waals surface area contributed by atoms with Crippen LogP contribution < -0.4 is 14.8 Å². The van der Waals surface area contributed by atoms with Crippen molar-refractivity contribution in [3.05, 3.63) is 53.8 Å². The van der Waals surface area contributed by atoms with E-state index in [0.29, 0.717) is 36.0 Å². The fourth-order valence-electron chi connectivity index (χ4n) is 2.16. The molecular formula is C16H15FN2O2. The Morgan fingerprint density at radius 2 is 1.86 bits per heavy atom. The SMILES string of the molecule is COc1ccc(Oc2cccc(F)c2C2=NCCN2)cc1. The maximum atomic E-state index is 14.1. The van der Waals surface area contributed by atoms with Crippen molar-refractivity contribution in [3.63, 3.8) is 0 Å². The molecule has 108 valence electrons. The highest BCUT2D eigenvalue weighted by atomic mass is 19.1. The third-order valence-electron chi connectivity index (χ3n) is 3.17. The van der Waals surface area contributed by atoms with Gasteiger partial charge in [-0.3, -0.25) is 4.99 Å². The van der Waals surface area contributed by atoms with Crippen molar-refractivity contribution in [3.8, 4) is 17.2 Å². The molecule has 1 heterocycles. The molecule has 1 aliphatic rings. The minimum absolute atomic E-state index is 0.353. The Labute approximate surface area is 122 Å². The van der Waals surface area contributed by atoms with E-state index >= 15 is 0 Å². The molecule has 0 unspecified atom stereocenters. The highest BCUT2D eigenvalue weighted by molar-refractivity contribution is 6.02. The summed E-state index contributed by atoms with van der Waals surface area (Å²) in [6.45, 7) is 1.36. The standard InChI is InChI=1S/C16H15FN2O2/c1-20-11-5-7-12(8-6-11)21-14-4-2-3-13(17)15(14)16-18-9-10-19-16/h2-8H,9-10H2,1H3,(H,18,19). The van der Waals surface area contributed by atoms with Crippen LogP contribution in [0.3, 0.4) is 0 Å². The smallest absolute Gasteiger partial charge is 0.141 e. The predicted octanol–water partition coefficient (Wildman–Crippen LogP) is 2.98. The van der Waals surface area contributed by atoms with Crippen molar-refractivity contribution >= 4 is 5.84 Å². The van der Waals surface area contributed by atoms with Gasteiger partial charge in [-0.1, -0.05) is 6.07 Å². The largest absolute Gasteiger partial charge is 0.497 e. The fraction of sp³-hybridized carbons (Fsp3) is 0.188. The third-order valence-corrected chi connectivity index (χ3v) is 3.17. The molecule has 1 N–H and O–H groups in total. The second kappa shape index (κ2) is 5.83. The number of ether oxygens (including phenoxy) is 2. The number of methoxy groups -OCH3 is 1. The molecule has 0 saturated heterocycles. The molecule has 2 aromatic rings. The van der Waals surface area contributed by atoms with E-state index in [1.807, 2.05) is 0 Å². The van der Waals surface area contributed by atoms with Gasteiger partial charge in [0.15, 0.2) is 0 Å². The number of nitrogens with one attached hydrogen (secondary N) is 1. The monoisotopic (exact) mass is 286 g/mol. The first kappa shape index (κ1) is 13.4. The first-order valence-corrected chi connectivity index (χ1v) is 6.67. The van der Waals surface area contributed by atoms with Crippen LogP contribution in [0.4, 0.5) is 4.39 Å². The Bertz CT molecular complexity index is 668. The van der Waals surface area contributed by atoms with Gasteiger partial charge in [0.1, 0.15) is 28.9 Å². The van der Waals surface area contributed by atoms with Gasteiger partial charge in [0.2, 0.25) is 0 Å². The number of hydrogen-bond acceptors (Lipinski definition) is 4. The van der Waals surface area contributed by atoms with Gasteiger partial charge in [-0.05, 0) is 36.4 Å². The zero-order chi connectivity index (χ0) is 14.7. The minimum atomic E-state index is -0.353. The van der Waals surface area contributed by atoms with Crippen LogP contribution in [0.25, 0.3) is 0 Å². The summed E-state index contributed by atoms with van der Waals surface area (Å²) in [7, 11) is 1.60. The lowest BCUT2D eigenvalue weighted by molar-refractivity contribution is 0.412. The van der Waals surface area contributed by atoms with E-state index < -0.39 is 0 Å². The summed E-state index contributed by atoms with van der Waals surface area (Å²) in [5, 5.41) is 3.07. The van der Waals surface area contributed by atoms with Gasteiger partial charge in [0.05, 0.1) is 19.2 Å². The molecule has 0 bridgehead atoms. The van der Waals surface area contributed by atoms with E-state index in [0.717, 1.165) is 5.75 Å². The van der Waals surface area contributed by atoms with Crippen LogP contribution in [-0.2, 0) is 0 Å². The van der Waals surface area contributed by atoms with E-state index in [9.17, 15) is 4.39 Å². The summed E-state index contributed by atoms with van der Waals surface area (Å²) < 4.78 is 25.0. The van der Waals surface area contributed by atoms with Gasteiger partial charge in [0, 0.05) is 6.54 Å². The van der Waals surface area contributed by atoms with Gasteiger partial charge in [0.25, 0.3) is 0 Å². The number of rotatable bonds is 4. The summed E-state index contributed by atoms with van der Waals surface area (Å²) in [4.78, 5) is 4.26. The second-order valence-electron chi connectivity index (χ2n) is 4.55. The van der Waals surface area contributed by atoms with Gasteiger partial charge >= 0.3 is 0 Å². The summed E-state index contributed by atoms with van der Waals surface area (Å²) in [6, 6.07) is 11.9. The van der Waals surface area contributed by atoms with Crippen molar-refractivity contribution < 1.29 is 13.9 Å². The predicted molar refractivity (Wildman–Crippen MR) is 78.9 cm³/mol. The van der Waals surface area contributed by atoms with Crippen molar-refractivity contribution in [1.29, 1.82) is 0 Å². The van der Waals surface area contributed by atoms with E-state index in [1.54, 1.807) is 43.5 Å². The van der Waals surface area contributed by atoms with Crippen LogP contribution in [0, 0.1) is 5.82 Å². The number of benzene rings is 2. The summed E-state index contributed by atoms with van der Waals surface area (Å²) >= 11 is 0. The van der Waals surface area contributed by atoms with Crippen LogP contribution >= 0.6 is 0 Å². The molecule has 0 aromatic heterocycles. The fourth-order valence-corrected chi connectivity index (χ4v) is 2.16. The molecule has 0 saturated carbocycles. The first-order chi connectivity index (χ1) is 10.3. The molecule has 3 rings (SSSR count). The molecule has 0 amide bonds. The lowest BCUT2D eigenvalue weighted by Gasteiger charge is -2.12. The van der Waals surface area contributed by atoms with Gasteiger partial charge < -0.3 is 14.8 Å². The topological polar surface area (TPSA) is 42.9 Å². The molecule has 0 atom stereocenters. The highest BCUT2D eigenvalue weighted by Gasteiger charge is 2.18. The molecule has 1 aliphatic heterocycles. The normalized spacial score (nSPS) is 13.5. The lowest BCUT2D eigenvalue weighted by atomic mass is 10.1. The highest BCUT2D eigenvalue weighted by Crippen LogP contribution is 2.29. The Hall–Kier alpha value is -2.56. The Morgan fingerprint density at radius 3 is 2.52 bits per heavy atom. The van der Waals surface area contributed by atoms with E-state index in [4.69, 9.17) is 9.47 Å². The molecule has 21 heavy (non-hydrogen) atoms. The quantitative estimate of drug-likeness (QED) is 0.939.